The number of hydrogen-bond donors (Lipinski definition) is 0. The van der Waals surface area contributed by atoms with Gasteiger partial charge in [0.15, 0.2) is 11.5 Å². The molecule has 1 aliphatic carbocycles. The van der Waals surface area contributed by atoms with Crippen molar-refractivity contribution in [2.75, 3.05) is 40.4 Å². The number of benzene rings is 3. The molecule has 31 heavy (non-hydrogen) atoms. The maximum Gasteiger partial charge on any atom is 0.257 e. The molecule has 3 aromatic rings. The highest BCUT2D eigenvalue weighted by Crippen LogP contribution is 2.46. The zero-order valence-electron chi connectivity index (χ0n) is 17.9. The first-order valence-electron chi connectivity index (χ1n) is 10.7. The fraction of sp³-hybridized carbons (Fsp3) is 0.269. The normalized spacial score (nSPS) is 16.0. The van der Waals surface area contributed by atoms with Crippen molar-refractivity contribution in [2.24, 2.45) is 0 Å². The van der Waals surface area contributed by atoms with E-state index >= 15 is 0 Å². The van der Waals surface area contributed by atoms with E-state index in [1.807, 2.05) is 17.0 Å². The number of fused-ring (bicyclic) bond motifs is 3. The van der Waals surface area contributed by atoms with Crippen LogP contribution >= 0.6 is 0 Å². The summed E-state index contributed by atoms with van der Waals surface area (Å²) in [6.45, 7) is 3.01. The van der Waals surface area contributed by atoms with Crippen LogP contribution < -0.4 is 9.47 Å². The van der Waals surface area contributed by atoms with Gasteiger partial charge in [-0.15, -0.1) is 0 Å². The quantitative estimate of drug-likeness (QED) is 0.641. The predicted molar refractivity (Wildman–Crippen MR) is 121 cm³/mol. The highest BCUT2D eigenvalue weighted by atomic mass is 16.5. The van der Waals surface area contributed by atoms with Gasteiger partial charge in [0, 0.05) is 26.2 Å². The Morgan fingerprint density at radius 2 is 1.39 bits per heavy atom. The lowest BCUT2D eigenvalue weighted by molar-refractivity contribution is 0.0596. The lowest BCUT2D eigenvalue weighted by Gasteiger charge is -2.39. The van der Waals surface area contributed by atoms with Gasteiger partial charge < -0.3 is 14.4 Å². The molecule has 0 radical (unpaired) electrons. The monoisotopic (exact) mass is 414 g/mol. The summed E-state index contributed by atoms with van der Waals surface area (Å²) in [4.78, 5) is 17.7. The Bertz CT molecular complexity index is 1070. The van der Waals surface area contributed by atoms with E-state index in [4.69, 9.17) is 9.47 Å². The van der Waals surface area contributed by atoms with E-state index in [9.17, 15) is 4.79 Å². The molecule has 5 nitrogen and oxygen atoms in total. The van der Waals surface area contributed by atoms with Crippen LogP contribution in [0.4, 0.5) is 0 Å². The second-order valence-corrected chi connectivity index (χ2v) is 7.95. The van der Waals surface area contributed by atoms with E-state index in [1.54, 1.807) is 20.3 Å². The lowest BCUT2D eigenvalue weighted by atomic mass is 10.0. The number of amides is 1. The molecule has 0 bridgehead atoms. The first kappa shape index (κ1) is 19.6. The number of hydrogen-bond acceptors (Lipinski definition) is 4. The number of nitrogens with zero attached hydrogens (tertiary/aromatic N) is 2. The van der Waals surface area contributed by atoms with Crippen molar-refractivity contribution >= 4 is 5.91 Å². The number of methoxy groups -OCH3 is 2. The Labute approximate surface area is 182 Å². The molecule has 0 saturated carbocycles. The minimum absolute atomic E-state index is 0.0115. The summed E-state index contributed by atoms with van der Waals surface area (Å²) in [6, 6.07) is 23.0. The maximum absolute atomic E-state index is 13.2. The third kappa shape index (κ3) is 3.26. The third-order valence-corrected chi connectivity index (χ3v) is 6.40. The second-order valence-electron chi connectivity index (χ2n) is 7.95. The highest BCUT2D eigenvalue weighted by Gasteiger charge is 2.35. The zero-order valence-corrected chi connectivity index (χ0v) is 17.9. The number of piperazine rings is 1. The number of ether oxygens (including phenoxy) is 2. The molecule has 0 aromatic heterocycles. The second kappa shape index (κ2) is 8.08. The predicted octanol–water partition coefficient (Wildman–Crippen LogP) is 4.23. The summed E-state index contributed by atoms with van der Waals surface area (Å²) in [5.74, 6) is 1.06. The molecule has 5 heteroatoms. The van der Waals surface area contributed by atoms with Crippen molar-refractivity contribution in [3.8, 4) is 22.6 Å². The molecule has 0 spiro atoms. The van der Waals surface area contributed by atoms with E-state index in [0.717, 1.165) is 13.1 Å². The molecule has 158 valence electrons. The molecule has 1 saturated heterocycles. The Kier molecular flexibility index (Phi) is 5.12. The molecule has 1 fully saturated rings. The lowest BCUT2D eigenvalue weighted by Crippen LogP contribution is -2.49. The Balaban J connectivity index is 1.37. The third-order valence-electron chi connectivity index (χ3n) is 6.40. The molecule has 0 N–H and O–H groups in total. The van der Waals surface area contributed by atoms with E-state index in [0.29, 0.717) is 30.2 Å². The van der Waals surface area contributed by atoms with Gasteiger partial charge in [0.05, 0.1) is 25.8 Å². The fourth-order valence-corrected chi connectivity index (χ4v) is 4.93. The molecule has 5 rings (SSSR count). The van der Waals surface area contributed by atoms with Crippen molar-refractivity contribution < 1.29 is 14.3 Å². The van der Waals surface area contributed by atoms with Crippen molar-refractivity contribution in [2.45, 2.75) is 6.04 Å². The van der Waals surface area contributed by atoms with Crippen LogP contribution in [0.1, 0.15) is 27.5 Å². The van der Waals surface area contributed by atoms with Gasteiger partial charge >= 0.3 is 0 Å². The van der Waals surface area contributed by atoms with Gasteiger partial charge in [-0.3, -0.25) is 9.69 Å². The van der Waals surface area contributed by atoms with Crippen LogP contribution in [-0.4, -0.2) is 56.1 Å². The summed E-state index contributed by atoms with van der Waals surface area (Å²) in [6.07, 6.45) is 0. The minimum Gasteiger partial charge on any atom is -0.493 e. The largest absolute Gasteiger partial charge is 0.493 e. The minimum atomic E-state index is -0.0115. The number of carbonyl (C=O) groups is 1. The van der Waals surface area contributed by atoms with Gasteiger partial charge in [0.25, 0.3) is 5.91 Å². The standard InChI is InChI=1S/C26H26N2O3/c1-30-23-13-7-12-22(25(23)31-2)26(29)28-16-14-27(15-17-28)24-20-10-5-3-8-18(20)19-9-4-6-11-21(19)24/h3-13,24H,14-17H2,1-2H3. The Morgan fingerprint density at radius 3 is 1.97 bits per heavy atom. The first-order chi connectivity index (χ1) is 15.2. The summed E-state index contributed by atoms with van der Waals surface area (Å²) < 4.78 is 10.8. The van der Waals surface area contributed by atoms with Gasteiger partial charge in [-0.1, -0.05) is 54.6 Å². The molecular formula is C26H26N2O3. The smallest absolute Gasteiger partial charge is 0.257 e. The van der Waals surface area contributed by atoms with Gasteiger partial charge in [-0.05, 0) is 34.4 Å². The highest BCUT2D eigenvalue weighted by molar-refractivity contribution is 5.98. The van der Waals surface area contributed by atoms with Crippen LogP contribution in [0.2, 0.25) is 0 Å². The van der Waals surface area contributed by atoms with Crippen LogP contribution in [0.25, 0.3) is 11.1 Å². The van der Waals surface area contributed by atoms with E-state index < -0.39 is 0 Å². The summed E-state index contributed by atoms with van der Waals surface area (Å²) in [7, 11) is 3.16. The molecule has 0 atom stereocenters. The van der Waals surface area contributed by atoms with E-state index in [-0.39, 0.29) is 11.9 Å². The van der Waals surface area contributed by atoms with Crippen molar-refractivity contribution in [3.05, 3.63) is 83.4 Å². The van der Waals surface area contributed by atoms with Gasteiger partial charge in [0.2, 0.25) is 0 Å². The SMILES string of the molecule is COc1cccc(C(=O)N2CCN(C3c4ccccc4-c4ccccc43)CC2)c1OC. The van der Waals surface area contributed by atoms with Crippen LogP contribution in [0.5, 0.6) is 11.5 Å². The average Bonchev–Trinajstić information content (AvgIpc) is 3.17. The Hall–Kier alpha value is -3.31. The van der Waals surface area contributed by atoms with Crippen LogP contribution in [-0.2, 0) is 0 Å². The molecule has 1 heterocycles. The number of rotatable bonds is 4. The van der Waals surface area contributed by atoms with E-state index in [2.05, 4.69) is 53.4 Å². The van der Waals surface area contributed by atoms with E-state index in [1.165, 1.54) is 22.3 Å². The van der Waals surface area contributed by atoms with Crippen molar-refractivity contribution in [1.82, 2.24) is 9.80 Å². The molecular weight excluding hydrogens is 388 g/mol. The maximum atomic E-state index is 13.2. The van der Waals surface area contributed by atoms with Gasteiger partial charge in [0.1, 0.15) is 0 Å². The topological polar surface area (TPSA) is 42.0 Å². The molecule has 1 aliphatic heterocycles. The summed E-state index contributed by atoms with van der Waals surface area (Å²) in [5.41, 5.74) is 5.91. The van der Waals surface area contributed by atoms with Crippen LogP contribution in [0.15, 0.2) is 66.7 Å². The number of para-hydroxylation sites is 1. The van der Waals surface area contributed by atoms with Crippen molar-refractivity contribution in [3.63, 3.8) is 0 Å². The summed E-state index contributed by atoms with van der Waals surface area (Å²) >= 11 is 0. The van der Waals surface area contributed by atoms with Gasteiger partial charge in [-0.2, -0.15) is 0 Å². The summed E-state index contributed by atoms with van der Waals surface area (Å²) in [5, 5.41) is 0. The van der Waals surface area contributed by atoms with Crippen LogP contribution in [0.3, 0.4) is 0 Å². The fourth-order valence-electron chi connectivity index (χ4n) is 4.93. The van der Waals surface area contributed by atoms with Crippen LogP contribution in [0, 0.1) is 0 Å². The Morgan fingerprint density at radius 1 is 0.774 bits per heavy atom. The number of carbonyl (C=O) groups excluding carboxylic acids is 1. The molecule has 1 amide bonds. The average molecular weight is 415 g/mol. The zero-order chi connectivity index (χ0) is 21.4. The first-order valence-corrected chi connectivity index (χ1v) is 10.7. The van der Waals surface area contributed by atoms with Gasteiger partial charge in [-0.25, -0.2) is 0 Å². The molecule has 3 aromatic carbocycles. The molecule has 0 unspecified atom stereocenters. The van der Waals surface area contributed by atoms with Crippen molar-refractivity contribution in [1.29, 1.82) is 0 Å². The molecule has 2 aliphatic rings.